The molecule has 0 fully saturated rings. The molecule has 1 aromatic carbocycles. The Morgan fingerprint density at radius 3 is 2.71 bits per heavy atom. The van der Waals surface area contributed by atoms with Crippen LogP contribution in [-0.4, -0.2) is 19.6 Å². The molecule has 17 heavy (non-hydrogen) atoms. The second-order valence-electron chi connectivity index (χ2n) is 5.37. The maximum absolute atomic E-state index is 5.70. The average Bonchev–Trinajstić information content (AvgIpc) is 2.29. The van der Waals surface area contributed by atoms with Crippen LogP contribution in [0.4, 0.5) is 0 Å². The fourth-order valence-corrected chi connectivity index (χ4v) is 2.04. The second kappa shape index (κ2) is 6.53. The first-order valence-electron chi connectivity index (χ1n) is 6.10. The topological polar surface area (TPSA) is 38.0 Å². The third-order valence-electron chi connectivity index (χ3n) is 3.04. The molecule has 0 aromatic heterocycles. The van der Waals surface area contributed by atoms with Gasteiger partial charge in [-0.15, -0.1) is 0 Å². The van der Waals surface area contributed by atoms with Gasteiger partial charge < -0.3 is 11.1 Å². The van der Waals surface area contributed by atoms with Crippen molar-refractivity contribution in [3.63, 3.8) is 0 Å². The van der Waals surface area contributed by atoms with Crippen molar-refractivity contribution >= 4 is 15.9 Å². The van der Waals surface area contributed by atoms with Crippen LogP contribution in [-0.2, 0) is 6.42 Å². The lowest BCUT2D eigenvalue weighted by Crippen LogP contribution is -2.36. The van der Waals surface area contributed by atoms with Gasteiger partial charge in [0.05, 0.1) is 0 Å². The molecule has 2 nitrogen and oxygen atoms in total. The number of nitrogens with two attached hydrogens (primary N) is 1. The van der Waals surface area contributed by atoms with Gasteiger partial charge >= 0.3 is 0 Å². The van der Waals surface area contributed by atoms with Crippen molar-refractivity contribution in [2.24, 2.45) is 11.1 Å². The first kappa shape index (κ1) is 14.7. The van der Waals surface area contributed by atoms with Crippen LogP contribution in [0.2, 0.25) is 0 Å². The fourth-order valence-electron chi connectivity index (χ4n) is 1.63. The summed E-state index contributed by atoms with van der Waals surface area (Å²) >= 11 is 3.51. The van der Waals surface area contributed by atoms with E-state index in [1.807, 2.05) is 0 Å². The van der Waals surface area contributed by atoms with Gasteiger partial charge in [-0.2, -0.15) is 0 Å². The number of nitrogens with one attached hydrogen (secondary N) is 1. The summed E-state index contributed by atoms with van der Waals surface area (Å²) in [6, 6.07) is 6.44. The number of hydrogen-bond acceptors (Lipinski definition) is 2. The van der Waals surface area contributed by atoms with E-state index in [1.165, 1.54) is 11.1 Å². The second-order valence-corrected chi connectivity index (χ2v) is 6.28. The molecule has 0 aliphatic heterocycles. The predicted molar refractivity (Wildman–Crippen MR) is 78.3 cm³/mol. The number of benzene rings is 1. The molecule has 96 valence electrons. The van der Waals surface area contributed by atoms with Crippen LogP contribution in [0.3, 0.4) is 0 Å². The Balaban J connectivity index is 2.38. The first-order valence-corrected chi connectivity index (χ1v) is 6.90. The first-order chi connectivity index (χ1) is 7.94. The van der Waals surface area contributed by atoms with Crippen LogP contribution in [0.5, 0.6) is 0 Å². The molecule has 0 saturated heterocycles. The molecule has 0 saturated carbocycles. The Hall–Kier alpha value is -0.380. The van der Waals surface area contributed by atoms with E-state index in [1.54, 1.807) is 0 Å². The molecule has 3 N–H and O–H groups in total. The standard InChI is InChI=1S/C14H23BrN2/c1-11-4-5-13(15)8-12(11)6-7-17-10-14(2,3)9-16/h4-5,8,17H,6-7,9-10,16H2,1-3H3. The van der Waals surface area contributed by atoms with Gasteiger partial charge in [-0.3, -0.25) is 0 Å². The summed E-state index contributed by atoms with van der Waals surface area (Å²) < 4.78 is 1.15. The van der Waals surface area contributed by atoms with Crippen molar-refractivity contribution < 1.29 is 0 Å². The van der Waals surface area contributed by atoms with Gasteiger partial charge in [0, 0.05) is 11.0 Å². The summed E-state index contributed by atoms with van der Waals surface area (Å²) in [6.45, 7) is 9.22. The third-order valence-corrected chi connectivity index (χ3v) is 3.53. The zero-order valence-electron chi connectivity index (χ0n) is 11.0. The molecule has 1 aromatic rings. The van der Waals surface area contributed by atoms with E-state index in [0.29, 0.717) is 0 Å². The van der Waals surface area contributed by atoms with Gasteiger partial charge in [0.2, 0.25) is 0 Å². The summed E-state index contributed by atoms with van der Waals surface area (Å²) in [5, 5.41) is 3.48. The van der Waals surface area contributed by atoms with Crippen LogP contribution in [0.1, 0.15) is 25.0 Å². The van der Waals surface area contributed by atoms with Crippen molar-refractivity contribution in [3.05, 3.63) is 33.8 Å². The molecular formula is C14H23BrN2. The van der Waals surface area contributed by atoms with Crippen molar-refractivity contribution in [3.8, 4) is 0 Å². The zero-order chi connectivity index (χ0) is 12.9. The minimum absolute atomic E-state index is 0.187. The smallest absolute Gasteiger partial charge is 0.0178 e. The summed E-state index contributed by atoms with van der Waals surface area (Å²) in [5.74, 6) is 0. The molecule has 0 amide bonds. The summed E-state index contributed by atoms with van der Waals surface area (Å²) in [4.78, 5) is 0. The Morgan fingerprint density at radius 1 is 1.35 bits per heavy atom. The highest BCUT2D eigenvalue weighted by atomic mass is 79.9. The maximum atomic E-state index is 5.70. The highest BCUT2D eigenvalue weighted by molar-refractivity contribution is 9.10. The Kier molecular flexibility index (Phi) is 5.63. The van der Waals surface area contributed by atoms with Gasteiger partial charge in [-0.05, 0) is 55.1 Å². The summed E-state index contributed by atoms with van der Waals surface area (Å²) in [5.41, 5.74) is 8.64. The molecule has 0 heterocycles. The number of halogens is 1. The van der Waals surface area contributed by atoms with Gasteiger partial charge in [0.15, 0.2) is 0 Å². The van der Waals surface area contributed by atoms with Crippen molar-refractivity contribution in [2.75, 3.05) is 19.6 Å². The van der Waals surface area contributed by atoms with Crippen LogP contribution >= 0.6 is 15.9 Å². The normalized spacial score (nSPS) is 11.8. The molecule has 0 aliphatic carbocycles. The SMILES string of the molecule is Cc1ccc(Br)cc1CCNCC(C)(C)CN. The molecule has 0 bridgehead atoms. The van der Waals surface area contributed by atoms with Crippen LogP contribution in [0.15, 0.2) is 22.7 Å². The monoisotopic (exact) mass is 298 g/mol. The van der Waals surface area contributed by atoms with Gasteiger partial charge in [0.25, 0.3) is 0 Å². The number of rotatable bonds is 6. The highest BCUT2D eigenvalue weighted by Gasteiger charge is 2.14. The van der Waals surface area contributed by atoms with Crippen LogP contribution in [0.25, 0.3) is 0 Å². The van der Waals surface area contributed by atoms with Gasteiger partial charge in [-0.1, -0.05) is 35.8 Å². The zero-order valence-corrected chi connectivity index (χ0v) is 12.6. The molecular weight excluding hydrogens is 276 g/mol. The lowest BCUT2D eigenvalue weighted by atomic mass is 9.94. The molecule has 0 atom stereocenters. The minimum atomic E-state index is 0.187. The molecule has 0 aliphatic rings. The maximum Gasteiger partial charge on any atom is 0.0178 e. The fraction of sp³-hybridized carbons (Fsp3) is 0.571. The number of hydrogen-bond donors (Lipinski definition) is 2. The largest absolute Gasteiger partial charge is 0.330 e. The van der Waals surface area contributed by atoms with E-state index in [9.17, 15) is 0 Å². The highest BCUT2D eigenvalue weighted by Crippen LogP contribution is 2.16. The van der Waals surface area contributed by atoms with Crippen molar-refractivity contribution in [1.82, 2.24) is 5.32 Å². The molecule has 0 spiro atoms. The molecule has 0 unspecified atom stereocenters. The lowest BCUT2D eigenvalue weighted by molar-refractivity contribution is 0.353. The van der Waals surface area contributed by atoms with Crippen molar-refractivity contribution in [1.29, 1.82) is 0 Å². The number of aryl methyl sites for hydroxylation is 1. The Morgan fingerprint density at radius 2 is 2.06 bits per heavy atom. The molecule has 0 radical (unpaired) electrons. The van der Waals surface area contributed by atoms with E-state index in [0.717, 1.165) is 30.5 Å². The average molecular weight is 299 g/mol. The van der Waals surface area contributed by atoms with E-state index in [2.05, 4.69) is 60.2 Å². The minimum Gasteiger partial charge on any atom is -0.330 e. The van der Waals surface area contributed by atoms with Gasteiger partial charge in [-0.25, -0.2) is 0 Å². The summed E-state index contributed by atoms with van der Waals surface area (Å²) in [6.07, 6.45) is 1.06. The Bertz CT molecular complexity index is 361. The van der Waals surface area contributed by atoms with Crippen LogP contribution in [0, 0.1) is 12.3 Å². The van der Waals surface area contributed by atoms with Crippen molar-refractivity contribution in [2.45, 2.75) is 27.2 Å². The predicted octanol–water partition coefficient (Wildman–Crippen LogP) is 2.87. The summed E-state index contributed by atoms with van der Waals surface area (Å²) in [7, 11) is 0. The molecule has 1 rings (SSSR count). The van der Waals surface area contributed by atoms with Gasteiger partial charge in [0.1, 0.15) is 0 Å². The lowest BCUT2D eigenvalue weighted by Gasteiger charge is -2.22. The van der Waals surface area contributed by atoms with E-state index < -0.39 is 0 Å². The van der Waals surface area contributed by atoms with Crippen LogP contribution < -0.4 is 11.1 Å². The van der Waals surface area contributed by atoms with E-state index in [4.69, 9.17) is 5.73 Å². The van der Waals surface area contributed by atoms with E-state index in [-0.39, 0.29) is 5.41 Å². The molecule has 3 heteroatoms. The Labute approximate surface area is 113 Å². The quantitative estimate of drug-likeness (QED) is 0.793. The third kappa shape index (κ3) is 5.19. The van der Waals surface area contributed by atoms with E-state index >= 15 is 0 Å².